The van der Waals surface area contributed by atoms with Gasteiger partial charge in [0, 0.05) is 17.5 Å². The number of carbonyl (C=O) groups excluding carboxylic acids is 1. The van der Waals surface area contributed by atoms with E-state index in [-0.39, 0.29) is 29.9 Å². The number of para-hydroxylation sites is 1. The number of amides is 1. The molecule has 2 heterocycles. The molecule has 2 aromatic rings. The molecule has 6 heteroatoms. The molecule has 1 fully saturated rings. The standard InChI is InChI=1S/C16H18N2O3.ClH/c1-10-8-12(6-7-17-10)18-15(19)13-9-11-4-2-3-5-14(11)21-16(13)20;/h2-5,9-10,12,17H,6-8H2,1H3,(H,18,19);1H. The average molecular weight is 323 g/mol. The van der Waals surface area contributed by atoms with Gasteiger partial charge in [-0.25, -0.2) is 4.79 Å². The largest absolute Gasteiger partial charge is 0.422 e. The number of halogens is 1. The number of hydrogen-bond acceptors (Lipinski definition) is 4. The van der Waals surface area contributed by atoms with Gasteiger partial charge in [0.1, 0.15) is 11.1 Å². The van der Waals surface area contributed by atoms with Crippen LogP contribution in [0, 0.1) is 0 Å². The second-order valence-corrected chi connectivity index (χ2v) is 5.54. The van der Waals surface area contributed by atoms with Gasteiger partial charge in [0.15, 0.2) is 0 Å². The monoisotopic (exact) mass is 322 g/mol. The third-order valence-electron chi connectivity index (χ3n) is 3.84. The predicted molar refractivity (Wildman–Crippen MR) is 87.7 cm³/mol. The van der Waals surface area contributed by atoms with Crippen LogP contribution in [-0.2, 0) is 0 Å². The number of fused-ring (bicyclic) bond motifs is 1. The van der Waals surface area contributed by atoms with Gasteiger partial charge in [0.05, 0.1) is 0 Å². The van der Waals surface area contributed by atoms with Crippen LogP contribution in [0.2, 0.25) is 0 Å². The van der Waals surface area contributed by atoms with Crippen molar-refractivity contribution in [3.05, 3.63) is 46.3 Å². The van der Waals surface area contributed by atoms with Crippen LogP contribution in [0.1, 0.15) is 30.1 Å². The van der Waals surface area contributed by atoms with Crippen molar-refractivity contribution in [2.75, 3.05) is 6.54 Å². The van der Waals surface area contributed by atoms with Gasteiger partial charge in [-0.1, -0.05) is 18.2 Å². The fraction of sp³-hybridized carbons (Fsp3) is 0.375. The van der Waals surface area contributed by atoms with E-state index in [1.807, 2.05) is 12.1 Å². The Morgan fingerprint density at radius 1 is 1.36 bits per heavy atom. The van der Waals surface area contributed by atoms with Crippen LogP contribution in [0.15, 0.2) is 39.5 Å². The van der Waals surface area contributed by atoms with E-state index in [0.29, 0.717) is 11.6 Å². The van der Waals surface area contributed by atoms with Gasteiger partial charge in [-0.05, 0) is 38.4 Å². The molecule has 0 radical (unpaired) electrons. The lowest BCUT2D eigenvalue weighted by Gasteiger charge is -2.28. The Balaban J connectivity index is 0.00000176. The molecule has 5 nitrogen and oxygen atoms in total. The minimum Gasteiger partial charge on any atom is -0.422 e. The Bertz CT molecular complexity index is 729. The topological polar surface area (TPSA) is 71.3 Å². The number of hydrogen-bond donors (Lipinski definition) is 2. The highest BCUT2D eigenvalue weighted by Gasteiger charge is 2.22. The summed E-state index contributed by atoms with van der Waals surface area (Å²) in [6.45, 7) is 2.96. The van der Waals surface area contributed by atoms with E-state index in [1.54, 1.807) is 18.2 Å². The van der Waals surface area contributed by atoms with Crippen LogP contribution in [-0.4, -0.2) is 24.5 Å². The second-order valence-electron chi connectivity index (χ2n) is 5.54. The summed E-state index contributed by atoms with van der Waals surface area (Å²) in [5.41, 5.74) is -0.0254. The third kappa shape index (κ3) is 3.48. The normalized spacial score (nSPS) is 21.1. The van der Waals surface area contributed by atoms with E-state index >= 15 is 0 Å². The van der Waals surface area contributed by atoms with Gasteiger partial charge in [-0.3, -0.25) is 4.79 Å². The molecule has 0 bridgehead atoms. The Labute approximate surface area is 134 Å². The molecule has 0 aliphatic carbocycles. The Hall–Kier alpha value is -1.85. The second kappa shape index (κ2) is 6.94. The summed E-state index contributed by atoms with van der Waals surface area (Å²) >= 11 is 0. The summed E-state index contributed by atoms with van der Waals surface area (Å²) in [5, 5.41) is 7.01. The summed E-state index contributed by atoms with van der Waals surface area (Å²) in [7, 11) is 0. The highest BCUT2D eigenvalue weighted by Crippen LogP contribution is 2.13. The number of nitrogens with one attached hydrogen (secondary N) is 2. The zero-order valence-electron chi connectivity index (χ0n) is 12.3. The SMILES string of the molecule is CC1CC(NC(=O)c2cc3ccccc3oc2=O)CCN1.Cl. The van der Waals surface area contributed by atoms with E-state index in [9.17, 15) is 9.59 Å². The van der Waals surface area contributed by atoms with E-state index in [0.717, 1.165) is 24.8 Å². The lowest BCUT2D eigenvalue weighted by molar-refractivity contribution is 0.0922. The summed E-state index contributed by atoms with van der Waals surface area (Å²) in [5.74, 6) is -0.353. The van der Waals surface area contributed by atoms with Crippen LogP contribution in [0.5, 0.6) is 0 Å². The van der Waals surface area contributed by atoms with Crippen LogP contribution in [0.3, 0.4) is 0 Å². The van der Waals surface area contributed by atoms with Crippen LogP contribution >= 0.6 is 12.4 Å². The first-order valence-corrected chi connectivity index (χ1v) is 7.20. The summed E-state index contributed by atoms with van der Waals surface area (Å²) < 4.78 is 5.20. The van der Waals surface area contributed by atoms with Gasteiger partial charge in [0.2, 0.25) is 0 Å². The van der Waals surface area contributed by atoms with Crippen molar-refractivity contribution < 1.29 is 9.21 Å². The summed E-state index contributed by atoms with van der Waals surface area (Å²) in [4.78, 5) is 24.2. The first-order valence-electron chi connectivity index (χ1n) is 7.20. The molecule has 2 N–H and O–H groups in total. The van der Waals surface area contributed by atoms with E-state index in [1.165, 1.54) is 0 Å². The minimum atomic E-state index is -0.590. The molecular formula is C16H19ClN2O3. The average Bonchev–Trinajstić information content (AvgIpc) is 2.46. The number of rotatable bonds is 2. The van der Waals surface area contributed by atoms with Gasteiger partial charge < -0.3 is 15.1 Å². The van der Waals surface area contributed by atoms with Crippen LogP contribution < -0.4 is 16.3 Å². The highest BCUT2D eigenvalue weighted by atomic mass is 35.5. The van der Waals surface area contributed by atoms with Crippen molar-refractivity contribution in [1.29, 1.82) is 0 Å². The molecule has 1 amide bonds. The molecule has 1 aromatic carbocycles. The number of carbonyl (C=O) groups is 1. The van der Waals surface area contributed by atoms with Gasteiger partial charge >= 0.3 is 5.63 Å². The number of piperidine rings is 1. The lowest BCUT2D eigenvalue weighted by Crippen LogP contribution is -2.47. The molecule has 2 unspecified atom stereocenters. The van der Waals surface area contributed by atoms with Crippen molar-refractivity contribution in [1.82, 2.24) is 10.6 Å². The maximum Gasteiger partial charge on any atom is 0.349 e. The third-order valence-corrected chi connectivity index (χ3v) is 3.84. The maximum absolute atomic E-state index is 12.3. The molecule has 2 atom stereocenters. The lowest BCUT2D eigenvalue weighted by atomic mass is 10.0. The van der Waals surface area contributed by atoms with Gasteiger partial charge in [-0.2, -0.15) is 0 Å². The Morgan fingerprint density at radius 2 is 2.14 bits per heavy atom. The van der Waals surface area contributed by atoms with Gasteiger partial charge in [0.25, 0.3) is 5.91 Å². The zero-order valence-corrected chi connectivity index (χ0v) is 13.1. The van der Waals surface area contributed by atoms with E-state index in [2.05, 4.69) is 17.6 Å². The van der Waals surface area contributed by atoms with Crippen LogP contribution in [0.25, 0.3) is 11.0 Å². The minimum absolute atomic E-state index is 0. The van der Waals surface area contributed by atoms with Crippen LogP contribution in [0.4, 0.5) is 0 Å². The molecule has 1 aromatic heterocycles. The predicted octanol–water partition coefficient (Wildman–Crippen LogP) is 2.09. The summed E-state index contributed by atoms with van der Waals surface area (Å²) in [6, 6.07) is 9.24. The zero-order chi connectivity index (χ0) is 14.8. The molecule has 1 aliphatic rings. The van der Waals surface area contributed by atoms with E-state index in [4.69, 9.17) is 4.42 Å². The Kier molecular flexibility index (Phi) is 5.21. The molecule has 22 heavy (non-hydrogen) atoms. The molecular weight excluding hydrogens is 304 g/mol. The van der Waals surface area contributed by atoms with Crippen molar-refractivity contribution in [3.63, 3.8) is 0 Å². The van der Waals surface area contributed by atoms with Crippen molar-refractivity contribution in [2.45, 2.75) is 31.8 Å². The summed E-state index contributed by atoms with van der Waals surface area (Å²) in [6.07, 6.45) is 1.74. The first kappa shape index (κ1) is 16.5. The highest BCUT2D eigenvalue weighted by molar-refractivity contribution is 5.96. The Morgan fingerprint density at radius 3 is 2.91 bits per heavy atom. The fourth-order valence-electron chi connectivity index (χ4n) is 2.75. The smallest absolute Gasteiger partial charge is 0.349 e. The van der Waals surface area contributed by atoms with E-state index < -0.39 is 5.63 Å². The number of benzene rings is 1. The molecule has 0 spiro atoms. The molecule has 3 rings (SSSR count). The fourth-order valence-corrected chi connectivity index (χ4v) is 2.75. The quantitative estimate of drug-likeness (QED) is 0.830. The van der Waals surface area contributed by atoms with Gasteiger partial charge in [-0.15, -0.1) is 12.4 Å². The van der Waals surface area contributed by atoms with Crippen molar-refractivity contribution >= 4 is 29.3 Å². The molecule has 1 aliphatic heterocycles. The maximum atomic E-state index is 12.3. The molecule has 1 saturated heterocycles. The molecule has 0 saturated carbocycles. The van der Waals surface area contributed by atoms with Crippen molar-refractivity contribution in [2.24, 2.45) is 0 Å². The molecule has 118 valence electrons. The first-order chi connectivity index (χ1) is 10.1. The van der Waals surface area contributed by atoms with Crippen molar-refractivity contribution in [3.8, 4) is 0 Å².